The minimum atomic E-state index is 0.115. The molecule has 0 spiro atoms. The molecule has 23 heavy (non-hydrogen) atoms. The van der Waals surface area contributed by atoms with Crippen molar-refractivity contribution in [3.8, 4) is 0 Å². The molecule has 1 atom stereocenters. The third-order valence-corrected chi connectivity index (χ3v) is 4.77. The maximum Gasteiger partial charge on any atom is 0.230 e. The van der Waals surface area contributed by atoms with Gasteiger partial charge >= 0.3 is 0 Å². The van der Waals surface area contributed by atoms with Crippen LogP contribution >= 0.6 is 0 Å². The monoisotopic (exact) mass is 317 g/mol. The van der Waals surface area contributed by atoms with E-state index in [0.717, 1.165) is 51.4 Å². The number of nitrogens with one attached hydrogen (secondary N) is 1. The second kappa shape index (κ2) is 7.43. The fourth-order valence-corrected chi connectivity index (χ4v) is 3.14. The highest BCUT2D eigenvalue weighted by atomic mass is 16.5. The van der Waals surface area contributed by atoms with Crippen LogP contribution in [0.15, 0.2) is 24.3 Å². The van der Waals surface area contributed by atoms with Gasteiger partial charge in [-0.15, -0.1) is 0 Å². The molecule has 1 unspecified atom stereocenters. The molecular formula is C18H27N3O2. The van der Waals surface area contributed by atoms with Crippen LogP contribution in [0.2, 0.25) is 0 Å². The molecule has 3 rings (SSSR count). The Labute approximate surface area is 138 Å². The molecule has 126 valence electrons. The van der Waals surface area contributed by atoms with Gasteiger partial charge in [-0.05, 0) is 44.6 Å². The maximum absolute atomic E-state index is 12.3. The van der Waals surface area contributed by atoms with Crippen molar-refractivity contribution in [3.63, 3.8) is 0 Å². The first-order chi connectivity index (χ1) is 11.1. The predicted octanol–water partition coefficient (Wildman–Crippen LogP) is 1.45. The van der Waals surface area contributed by atoms with Gasteiger partial charge in [0.1, 0.15) is 0 Å². The summed E-state index contributed by atoms with van der Waals surface area (Å²) < 4.78 is 5.41. The van der Waals surface area contributed by atoms with E-state index >= 15 is 0 Å². The lowest BCUT2D eigenvalue weighted by atomic mass is 9.96. The number of nitrogens with zero attached hydrogens (tertiary/aromatic N) is 2. The summed E-state index contributed by atoms with van der Waals surface area (Å²) in [5, 5.41) is 3.04. The van der Waals surface area contributed by atoms with E-state index in [9.17, 15) is 4.79 Å². The summed E-state index contributed by atoms with van der Waals surface area (Å²) in [7, 11) is 4.16. The van der Waals surface area contributed by atoms with Crippen molar-refractivity contribution in [2.75, 3.05) is 52.3 Å². The molecule has 1 aromatic carbocycles. The topological polar surface area (TPSA) is 44.8 Å². The fourth-order valence-electron chi connectivity index (χ4n) is 3.14. The van der Waals surface area contributed by atoms with Gasteiger partial charge in [-0.2, -0.15) is 0 Å². The Hall–Kier alpha value is -1.43. The molecule has 5 heteroatoms. The highest BCUT2D eigenvalue weighted by Gasteiger charge is 2.37. The van der Waals surface area contributed by atoms with Gasteiger partial charge < -0.3 is 15.0 Å². The van der Waals surface area contributed by atoms with Crippen LogP contribution in [0.3, 0.4) is 0 Å². The lowest BCUT2D eigenvalue weighted by molar-refractivity contribution is -0.126. The molecule has 0 bridgehead atoms. The molecule has 2 fully saturated rings. The number of likely N-dealkylation sites (N-methyl/N-ethyl adjacent to an activating group) is 1. The summed E-state index contributed by atoms with van der Waals surface area (Å²) in [5.74, 6) is 0.255. The van der Waals surface area contributed by atoms with E-state index in [1.165, 1.54) is 5.56 Å². The van der Waals surface area contributed by atoms with Crippen molar-refractivity contribution >= 4 is 11.6 Å². The van der Waals surface area contributed by atoms with Crippen molar-refractivity contribution in [3.05, 3.63) is 29.8 Å². The van der Waals surface area contributed by atoms with Gasteiger partial charge in [0.15, 0.2) is 0 Å². The molecule has 0 saturated carbocycles. The molecule has 0 aliphatic carbocycles. The zero-order valence-corrected chi connectivity index (χ0v) is 14.1. The predicted molar refractivity (Wildman–Crippen MR) is 91.6 cm³/mol. The third-order valence-electron chi connectivity index (χ3n) is 4.77. The van der Waals surface area contributed by atoms with Crippen LogP contribution in [0, 0.1) is 5.92 Å². The van der Waals surface area contributed by atoms with Crippen LogP contribution in [0.4, 0.5) is 5.69 Å². The number of hydrogen-bond acceptors (Lipinski definition) is 4. The Morgan fingerprint density at radius 1 is 1.30 bits per heavy atom. The number of benzene rings is 1. The molecule has 5 nitrogen and oxygen atoms in total. The number of likely N-dealkylation sites (tertiary alicyclic amines) is 1. The number of anilines is 1. The Balaban J connectivity index is 1.43. The molecule has 2 saturated heterocycles. The normalized spacial score (nSPS) is 22.3. The van der Waals surface area contributed by atoms with Crippen molar-refractivity contribution in [2.24, 2.45) is 5.92 Å². The second-order valence-corrected chi connectivity index (χ2v) is 6.91. The van der Waals surface area contributed by atoms with E-state index in [1.54, 1.807) is 0 Å². The Morgan fingerprint density at radius 3 is 2.65 bits per heavy atom. The number of carbonyl (C=O) groups is 1. The number of hydrogen-bond donors (Lipinski definition) is 1. The van der Waals surface area contributed by atoms with E-state index in [1.807, 2.05) is 12.1 Å². The van der Waals surface area contributed by atoms with Gasteiger partial charge in [0, 0.05) is 38.0 Å². The number of rotatable bonds is 6. The molecule has 0 radical (unpaired) electrons. The van der Waals surface area contributed by atoms with E-state index in [0.29, 0.717) is 6.04 Å². The van der Waals surface area contributed by atoms with Crippen LogP contribution in [-0.4, -0.2) is 68.7 Å². The van der Waals surface area contributed by atoms with Gasteiger partial charge in [0.05, 0.1) is 12.5 Å². The van der Waals surface area contributed by atoms with Crippen molar-refractivity contribution in [2.45, 2.75) is 18.9 Å². The van der Waals surface area contributed by atoms with Gasteiger partial charge in [-0.25, -0.2) is 0 Å². The summed E-state index contributed by atoms with van der Waals surface area (Å²) >= 11 is 0. The first kappa shape index (κ1) is 16.4. The first-order valence-electron chi connectivity index (χ1n) is 8.48. The zero-order valence-electron chi connectivity index (χ0n) is 14.1. The molecule has 1 aromatic rings. The Kier molecular flexibility index (Phi) is 5.30. The van der Waals surface area contributed by atoms with Gasteiger partial charge in [0.2, 0.25) is 5.91 Å². The summed E-state index contributed by atoms with van der Waals surface area (Å²) in [6.07, 6.45) is 2.13. The Morgan fingerprint density at radius 2 is 2.04 bits per heavy atom. The van der Waals surface area contributed by atoms with E-state index in [2.05, 4.69) is 41.3 Å². The summed E-state index contributed by atoms with van der Waals surface area (Å²) in [6, 6.07) is 8.73. The van der Waals surface area contributed by atoms with Crippen LogP contribution in [0.5, 0.6) is 0 Å². The van der Waals surface area contributed by atoms with Crippen LogP contribution in [0.1, 0.15) is 12.0 Å². The summed E-state index contributed by atoms with van der Waals surface area (Å²) in [5.41, 5.74) is 2.19. The first-order valence-corrected chi connectivity index (χ1v) is 8.48. The van der Waals surface area contributed by atoms with E-state index in [-0.39, 0.29) is 11.8 Å². The molecule has 1 amide bonds. The smallest absolute Gasteiger partial charge is 0.230 e. The lowest BCUT2D eigenvalue weighted by Crippen LogP contribution is -2.56. The van der Waals surface area contributed by atoms with Crippen LogP contribution < -0.4 is 5.32 Å². The fraction of sp³-hybridized carbons (Fsp3) is 0.611. The summed E-state index contributed by atoms with van der Waals surface area (Å²) in [6.45, 7) is 4.44. The quantitative estimate of drug-likeness (QED) is 0.862. The maximum atomic E-state index is 12.3. The average Bonchev–Trinajstić information content (AvgIpc) is 2.99. The molecule has 1 N–H and O–H groups in total. The highest BCUT2D eigenvalue weighted by Crippen LogP contribution is 2.24. The van der Waals surface area contributed by atoms with Crippen molar-refractivity contribution < 1.29 is 9.53 Å². The molecule has 2 heterocycles. The number of amides is 1. The SMILES string of the molecule is CN(C)CCc1ccc(NC(=O)C2CN(C3CCOC3)C2)cc1. The number of ether oxygens (including phenoxy) is 1. The lowest BCUT2D eigenvalue weighted by Gasteiger charge is -2.41. The van der Waals surface area contributed by atoms with Gasteiger partial charge in [0.25, 0.3) is 0 Å². The van der Waals surface area contributed by atoms with Gasteiger partial charge in [-0.3, -0.25) is 9.69 Å². The van der Waals surface area contributed by atoms with Crippen LogP contribution in [-0.2, 0) is 16.0 Å². The molecule has 2 aliphatic rings. The number of carbonyl (C=O) groups excluding carboxylic acids is 1. The standard InChI is InChI=1S/C18H27N3O2/c1-20(2)9-7-14-3-5-16(6-4-14)19-18(22)15-11-21(12-15)17-8-10-23-13-17/h3-6,15,17H,7-13H2,1-2H3,(H,19,22). The Bertz CT molecular complexity index is 518. The molecule has 0 aromatic heterocycles. The molecular weight excluding hydrogens is 290 g/mol. The summed E-state index contributed by atoms with van der Waals surface area (Å²) in [4.78, 5) is 16.8. The van der Waals surface area contributed by atoms with E-state index < -0.39 is 0 Å². The van der Waals surface area contributed by atoms with E-state index in [4.69, 9.17) is 4.74 Å². The van der Waals surface area contributed by atoms with Gasteiger partial charge in [-0.1, -0.05) is 12.1 Å². The third kappa shape index (κ3) is 4.31. The minimum absolute atomic E-state index is 0.115. The zero-order chi connectivity index (χ0) is 16.2. The second-order valence-electron chi connectivity index (χ2n) is 6.91. The van der Waals surface area contributed by atoms with Crippen molar-refractivity contribution in [1.82, 2.24) is 9.80 Å². The molecule has 2 aliphatic heterocycles. The largest absolute Gasteiger partial charge is 0.380 e. The van der Waals surface area contributed by atoms with Crippen molar-refractivity contribution in [1.29, 1.82) is 0 Å². The highest BCUT2D eigenvalue weighted by molar-refractivity contribution is 5.93. The van der Waals surface area contributed by atoms with Crippen LogP contribution in [0.25, 0.3) is 0 Å². The average molecular weight is 317 g/mol. The minimum Gasteiger partial charge on any atom is -0.380 e.